The maximum Gasteiger partial charge on any atom is 0.261 e. The van der Waals surface area contributed by atoms with Crippen molar-refractivity contribution in [3.05, 3.63) is 83.9 Å². The largest absolute Gasteiger partial charge is 0.454 e. The lowest BCUT2D eigenvalue weighted by Gasteiger charge is -2.15. The van der Waals surface area contributed by atoms with Crippen LogP contribution in [0.3, 0.4) is 0 Å². The van der Waals surface area contributed by atoms with Gasteiger partial charge in [0.1, 0.15) is 0 Å². The van der Waals surface area contributed by atoms with E-state index in [4.69, 9.17) is 9.47 Å². The molecular formula is C24H24N2O5S. The van der Waals surface area contributed by atoms with Gasteiger partial charge in [0, 0.05) is 17.7 Å². The summed E-state index contributed by atoms with van der Waals surface area (Å²) in [6.07, 6.45) is 1.62. The molecule has 0 saturated heterocycles. The second-order valence-corrected chi connectivity index (χ2v) is 9.28. The van der Waals surface area contributed by atoms with Crippen molar-refractivity contribution in [1.82, 2.24) is 5.32 Å². The molecule has 0 aliphatic carbocycles. The number of amides is 1. The minimum Gasteiger partial charge on any atom is -0.454 e. The molecule has 8 heteroatoms. The van der Waals surface area contributed by atoms with Crippen molar-refractivity contribution >= 4 is 21.6 Å². The normalized spacial score (nSPS) is 13.4. The van der Waals surface area contributed by atoms with Crippen LogP contribution in [-0.2, 0) is 16.4 Å². The SMILES string of the molecule is C[C@H](CCc1ccccc1)NC(=O)c1cccc(S(=O)(=O)Nc2ccc3c(c2)OCO3)c1. The molecule has 32 heavy (non-hydrogen) atoms. The summed E-state index contributed by atoms with van der Waals surface area (Å²) in [5, 5.41) is 2.94. The molecule has 0 aromatic heterocycles. The highest BCUT2D eigenvalue weighted by molar-refractivity contribution is 7.92. The maximum atomic E-state index is 12.8. The van der Waals surface area contributed by atoms with Crippen LogP contribution >= 0.6 is 0 Å². The highest BCUT2D eigenvalue weighted by Gasteiger charge is 2.19. The zero-order valence-corrected chi connectivity index (χ0v) is 18.4. The number of ether oxygens (including phenoxy) is 2. The summed E-state index contributed by atoms with van der Waals surface area (Å²) in [5.74, 6) is 0.724. The first-order chi connectivity index (χ1) is 15.4. The van der Waals surface area contributed by atoms with E-state index in [1.54, 1.807) is 30.3 Å². The molecule has 1 aliphatic heterocycles. The number of hydrogen-bond acceptors (Lipinski definition) is 5. The molecule has 0 fully saturated rings. The number of benzene rings is 3. The molecule has 7 nitrogen and oxygen atoms in total. The Morgan fingerprint density at radius 2 is 1.75 bits per heavy atom. The van der Waals surface area contributed by atoms with Gasteiger partial charge < -0.3 is 14.8 Å². The molecule has 2 N–H and O–H groups in total. The quantitative estimate of drug-likeness (QED) is 0.539. The standard InChI is InChI=1S/C24H24N2O5S/c1-17(10-11-18-6-3-2-4-7-18)25-24(27)19-8-5-9-21(14-19)32(28,29)26-20-12-13-22-23(15-20)31-16-30-22/h2-9,12-15,17,26H,10-11,16H2,1H3,(H,25,27)/t17-/m1/s1. The predicted molar refractivity (Wildman–Crippen MR) is 122 cm³/mol. The van der Waals surface area contributed by atoms with Crippen LogP contribution in [0.1, 0.15) is 29.3 Å². The lowest BCUT2D eigenvalue weighted by atomic mass is 10.1. The molecule has 3 aromatic rings. The summed E-state index contributed by atoms with van der Waals surface area (Å²) in [6.45, 7) is 2.04. The van der Waals surface area contributed by atoms with Crippen LogP contribution in [0.5, 0.6) is 11.5 Å². The van der Waals surface area contributed by atoms with Gasteiger partial charge in [-0.1, -0.05) is 36.4 Å². The molecular weight excluding hydrogens is 428 g/mol. The van der Waals surface area contributed by atoms with Crippen molar-refractivity contribution in [2.45, 2.75) is 30.7 Å². The maximum absolute atomic E-state index is 12.8. The molecule has 3 aromatic carbocycles. The summed E-state index contributed by atoms with van der Waals surface area (Å²) in [6, 6.07) is 20.8. The molecule has 1 atom stereocenters. The summed E-state index contributed by atoms with van der Waals surface area (Å²) in [4.78, 5) is 12.7. The fourth-order valence-corrected chi connectivity index (χ4v) is 4.48. The van der Waals surface area contributed by atoms with Crippen LogP contribution in [-0.4, -0.2) is 27.2 Å². The number of carbonyl (C=O) groups excluding carboxylic acids is 1. The highest BCUT2D eigenvalue weighted by Crippen LogP contribution is 2.34. The number of nitrogens with one attached hydrogen (secondary N) is 2. The van der Waals surface area contributed by atoms with Gasteiger partial charge in [0.15, 0.2) is 11.5 Å². The monoisotopic (exact) mass is 452 g/mol. The lowest BCUT2D eigenvalue weighted by molar-refractivity contribution is 0.0938. The zero-order valence-electron chi connectivity index (χ0n) is 17.6. The Balaban J connectivity index is 1.41. The number of rotatable bonds is 8. The Hall–Kier alpha value is -3.52. The molecule has 1 aliphatic rings. The van der Waals surface area contributed by atoms with Crippen LogP contribution in [0.2, 0.25) is 0 Å². The third kappa shape index (κ3) is 5.20. The van der Waals surface area contributed by atoms with E-state index in [1.165, 1.54) is 17.7 Å². The molecule has 0 spiro atoms. The van der Waals surface area contributed by atoms with E-state index >= 15 is 0 Å². The Morgan fingerprint density at radius 1 is 0.969 bits per heavy atom. The van der Waals surface area contributed by atoms with Gasteiger partial charge in [0.2, 0.25) is 6.79 Å². The average molecular weight is 453 g/mol. The Kier molecular flexibility index (Phi) is 6.32. The Bertz CT molecular complexity index is 1210. The minimum absolute atomic E-state index is 0.000226. The second kappa shape index (κ2) is 9.32. The fourth-order valence-electron chi connectivity index (χ4n) is 3.39. The predicted octanol–water partition coefficient (Wildman–Crippen LogP) is 3.97. The van der Waals surface area contributed by atoms with Crippen molar-refractivity contribution < 1.29 is 22.7 Å². The zero-order chi connectivity index (χ0) is 22.6. The van der Waals surface area contributed by atoms with Crippen molar-refractivity contribution in [3.63, 3.8) is 0 Å². The molecule has 1 heterocycles. The number of carbonyl (C=O) groups is 1. The van der Waals surface area contributed by atoms with Crippen molar-refractivity contribution in [2.75, 3.05) is 11.5 Å². The molecule has 1 amide bonds. The number of hydrogen-bond donors (Lipinski definition) is 2. The van der Waals surface area contributed by atoms with E-state index in [0.29, 0.717) is 17.2 Å². The number of fused-ring (bicyclic) bond motifs is 1. The van der Waals surface area contributed by atoms with E-state index in [9.17, 15) is 13.2 Å². The first-order valence-electron chi connectivity index (χ1n) is 10.3. The van der Waals surface area contributed by atoms with Gasteiger partial charge in [-0.25, -0.2) is 8.42 Å². The van der Waals surface area contributed by atoms with E-state index in [2.05, 4.69) is 22.2 Å². The molecule has 0 unspecified atom stereocenters. The van der Waals surface area contributed by atoms with Gasteiger partial charge in [-0.15, -0.1) is 0 Å². The average Bonchev–Trinajstić information content (AvgIpc) is 3.26. The number of anilines is 1. The summed E-state index contributed by atoms with van der Waals surface area (Å²) in [7, 11) is -3.89. The highest BCUT2D eigenvalue weighted by atomic mass is 32.2. The van der Waals surface area contributed by atoms with Gasteiger partial charge in [-0.2, -0.15) is 0 Å². The van der Waals surface area contributed by atoms with E-state index in [1.807, 2.05) is 25.1 Å². The Labute approximate surface area is 187 Å². The minimum atomic E-state index is -3.89. The molecule has 4 rings (SSSR count). The fraction of sp³-hybridized carbons (Fsp3) is 0.208. The second-order valence-electron chi connectivity index (χ2n) is 7.60. The van der Waals surface area contributed by atoms with Gasteiger partial charge in [0.05, 0.1) is 10.6 Å². The molecule has 0 radical (unpaired) electrons. The summed E-state index contributed by atoms with van der Waals surface area (Å²) < 4.78 is 38.7. The van der Waals surface area contributed by atoms with Crippen molar-refractivity contribution in [3.8, 4) is 11.5 Å². The van der Waals surface area contributed by atoms with Crippen molar-refractivity contribution in [1.29, 1.82) is 0 Å². The Morgan fingerprint density at radius 3 is 2.56 bits per heavy atom. The van der Waals surface area contributed by atoms with E-state index in [0.717, 1.165) is 12.8 Å². The van der Waals surface area contributed by atoms with E-state index in [-0.39, 0.29) is 29.2 Å². The third-order valence-corrected chi connectivity index (χ3v) is 6.50. The summed E-state index contributed by atoms with van der Waals surface area (Å²) >= 11 is 0. The topological polar surface area (TPSA) is 93.7 Å². The van der Waals surface area contributed by atoms with Gasteiger partial charge in [0.25, 0.3) is 15.9 Å². The summed E-state index contributed by atoms with van der Waals surface area (Å²) in [5.41, 5.74) is 1.83. The molecule has 0 saturated carbocycles. The van der Waals surface area contributed by atoms with Crippen molar-refractivity contribution in [2.24, 2.45) is 0 Å². The van der Waals surface area contributed by atoms with Gasteiger partial charge in [-0.05, 0) is 55.7 Å². The molecule has 166 valence electrons. The number of aryl methyl sites for hydroxylation is 1. The van der Waals surface area contributed by atoms with Crippen LogP contribution in [0.25, 0.3) is 0 Å². The van der Waals surface area contributed by atoms with Gasteiger partial charge in [-0.3, -0.25) is 9.52 Å². The van der Waals surface area contributed by atoms with Gasteiger partial charge >= 0.3 is 0 Å². The van der Waals surface area contributed by atoms with E-state index < -0.39 is 10.0 Å². The smallest absolute Gasteiger partial charge is 0.261 e. The third-order valence-electron chi connectivity index (χ3n) is 5.12. The van der Waals surface area contributed by atoms with Crippen LogP contribution in [0.4, 0.5) is 5.69 Å². The van der Waals surface area contributed by atoms with Crippen LogP contribution in [0.15, 0.2) is 77.7 Å². The lowest BCUT2D eigenvalue weighted by Crippen LogP contribution is -2.33. The number of sulfonamides is 1. The first-order valence-corrected chi connectivity index (χ1v) is 11.8. The van der Waals surface area contributed by atoms with Crippen LogP contribution < -0.4 is 19.5 Å². The van der Waals surface area contributed by atoms with Crippen LogP contribution in [0, 0.1) is 0 Å². The molecule has 0 bridgehead atoms. The first kappa shape index (κ1) is 21.7.